The Hall–Kier alpha value is -2.88. The number of benzene rings is 1. The lowest BCUT2D eigenvalue weighted by atomic mass is 10.2. The van der Waals surface area contributed by atoms with Crippen LogP contribution in [0.3, 0.4) is 0 Å². The Morgan fingerprint density at radius 2 is 1.81 bits per heavy atom. The molecule has 10 heteroatoms. The van der Waals surface area contributed by atoms with Gasteiger partial charge in [0, 0.05) is 18.4 Å². The molecule has 0 amide bonds. The number of aromatic nitrogens is 4. The Morgan fingerprint density at radius 1 is 1.11 bits per heavy atom. The molecule has 1 N–H and O–H groups in total. The SMILES string of the molecule is Cc1c(C(F)F)nn(-c2ccc(S(C)(=O)=O)nn2)c1NCc1ccccc1. The zero-order chi connectivity index (χ0) is 19.6. The Balaban J connectivity index is 1.99. The minimum Gasteiger partial charge on any atom is -0.366 e. The highest BCUT2D eigenvalue weighted by Crippen LogP contribution is 2.29. The molecule has 0 aliphatic heterocycles. The van der Waals surface area contributed by atoms with Crippen LogP contribution in [0, 0.1) is 6.92 Å². The van der Waals surface area contributed by atoms with Gasteiger partial charge in [-0.3, -0.25) is 0 Å². The van der Waals surface area contributed by atoms with E-state index in [2.05, 4.69) is 20.6 Å². The molecule has 3 aromatic rings. The number of nitrogens with one attached hydrogen (secondary N) is 1. The number of anilines is 1. The number of alkyl halides is 2. The third-order valence-electron chi connectivity index (χ3n) is 3.89. The summed E-state index contributed by atoms with van der Waals surface area (Å²) >= 11 is 0. The summed E-state index contributed by atoms with van der Waals surface area (Å²) < 4.78 is 50.8. The average Bonchev–Trinajstić information content (AvgIpc) is 2.97. The van der Waals surface area contributed by atoms with E-state index >= 15 is 0 Å². The van der Waals surface area contributed by atoms with Crippen LogP contribution in [0.15, 0.2) is 47.5 Å². The van der Waals surface area contributed by atoms with E-state index in [1.165, 1.54) is 23.7 Å². The van der Waals surface area contributed by atoms with Crippen LogP contribution in [-0.4, -0.2) is 34.7 Å². The number of sulfone groups is 1. The van der Waals surface area contributed by atoms with Gasteiger partial charge in [0.25, 0.3) is 6.43 Å². The second-order valence-electron chi connectivity index (χ2n) is 5.91. The number of hydrogen-bond donors (Lipinski definition) is 1. The molecule has 2 aromatic heterocycles. The highest BCUT2D eigenvalue weighted by atomic mass is 32.2. The zero-order valence-corrected chi connectivity index (χ0v) is 15.4. The summed E-state index contributed by atoms with van der Waals surface area (Å²) in [6, 6.07) is 12.1. The maximum Gasteiger partial charge on any atom is 0.282 e. The minimum absolute atomic E-state index is 0.132. The van der Waals surface area contributed by atoms with Gasteiger partial charge in [0.15, 0.2) is 20.7 Å². The fourth-order valence-electron chi connectivity index (χ4n) is 2.50. The lowest BCUT2D eigenvalue weighted by molar-refractivity contribution is 0.144. The first kappa shape index (κ1) is 18.9. The largest absolute Gasteiger partial charge is 0.366 e. The van der Waals surface area contributed by atoms with E-state index in [1.807, 2.05) is 30.3 Å². The first-order valence-electron chi connectivity index (χ1n) is 7.97. The lowest BCUT2D eigenvalue weighted by Gasteiger charge is -2.10. The van der Waals surface area contributed by atoms with Gasteiger partial charge in [-0.2, -0.15) is 9.78 Å². The topological polar surface area (TPSA) is 89.8 Å². The number of hydrogen-bond acceptors (Lipinski definition) is 6. The van der Waals surface area contributed by atoms with Crippen LogP contribution in [0.5, 0.6) is 0 Å². The van der Waals surface area contributed by atoms with Crippen molar-refractivity contribution in [2.45, 2.75) is 24.9 Å². The third-order valence-corrected chi connectivity index (χ3v) is 4.87. The van der Waals surface area contributed by atoms with Crippen molar-refractivity contribution in [3.63, 3.8) is 0 Å². The van der Waals surface area contributed by atoms with Gasteiger partial charge >= 0.3 is 0 Å². The van der Waals surface area contributed by atoms with Crippen molar-refractivity contribution in [3.8, 4) is 5.82 Å². The van der Waals surface area contributed by atoms with Gasteiger partial charge in [0.1, 0.15) is 11.5 Å². The normalized spacial score (nSPS) is 11.7. The molecule has 0 saturated carbocycles. The van der Waals surface area contributed by atoms with Gasteiger partial charge < -0.3 is 5.32 Å². The molecule has 7 nitrogen and oxygen atoms in total. The van der Waals surface area contributed by atoms with Gasteiger partial charge in [-0.1, -0.05) is 30.3 Å². The average molecular weight is 393 g/mol. The highest BCUT2D eigenvalue weighted by molar-refractivity contribution is 7.90. The summed E-state index contributed by atoms with van der Waals surface area (Å²) in [6.07, 6.45) is -1.75. The van der Waals surface area contributed by atoms with Gasteiger partial charge in [0.2, 0.25) is 0 Å². The second kappa shape index (κ2) is 7.39. The fraction of sp³-hybridized carbons (Fsp3) is 0.235. The summed E-state index contributed by atoms with van der Waals surface area (Å²) in [6.45, 7) is 1.93. The Bertz CT molecular complexity index is 1040. The molecule has 0 fully saturated rings. The van der Waals surface area contributed by atoms with Gasteiger partial charge in [-0.25, -0.2) is 17.2 Å². The molecule has 3 rings (SSSR count). The lowest BCUT2D eigenvalue weighted by Crippen LogP contribution is -2.10. The predicted molar refractivity (Wildman–Crippen MR) is 95.7 cm³/mol. The summed E-state index contributed by atoms with van der Waals surface area (Å²) in [7, 11) is -3.51. The molecule has 0 aliphatic rings. The van der Waals surface area contributed by atoms with Crippen molar-refractivity contribution in [2.75, 3.05) is 11.6 Å². The van der Waals surface area contributed by atoms with Crippen molar-refractivity contribution in [3.05, 3.63) is 59.3 Å². The van der Waals surface area contributed by atoms with Crippen molar-refractivity contribution in [2.24, 2.45) is 0 Å². The standard InChI is InChI=1S/C17H17F2N5O2S/c1-11-15(16(18)19)23-24(13-8-9-14(22-21-13)27(2,25)26)17(11)20-10-12-6-4-3-5-7-12/h3-9,16,20H,10H2,1-2H3. The Kier molecular flexibility index (Phi) is 5.17. The molecule has 0 radical (unpaired) electrons. The summed E-state index contributed by atoms with van der Waals surface area (Å²) in [5, 5.41) is 14.3. The van der Waals surface area contributed by atoms with Crippen LogP contribution < -0.4 is 5.32 Å². The van der Waals surface area contributed by atoms with E-state index in [9.17, 15) is 17.2 Å². The maximum atomic E-state index is 13.3. The Labute approximate surface area is 155 Å². The molecule has 0 unspecified atom stereocenters. The molecule has 0 atom stereocenters. The monoisotopic (exact) mass is 393 g/mol. The van der Waals surface area contributed by atoms with Crippen LogP contribution in [0.1, 0.15) is 23.2 Å². The first-order valence-corrected chi connectivity index (χ1v) is 9.86. The van der Waals surface area contributed by atoms with Gasteiger partial charge in [-0.15, -0.1) is 10.2 Å². The van der Waals surface area contributed by atoms with Crippen LogP contribution in [-0.2, 0) is 16.4 Å². The van der Waals surface area contributed by atoms with Crippen molar-refractivity contribution in [1.82, 2.24) is 20.0 Å². The molecular formula is C17H17F2N5O2S. The number of halogens is 2. The molecule has 1 aromatic carbocycles. The minimum atomic E-state index is -3.51. The molecule has 0 saturated heterocycles. The summed E-state index contributed by atoms with van der Waals surface area (Å²) in [4.78, 5) is 0. The van der Waals surface area contributed by atoms with E-state index < -0.39 is 16.3 Å². The van der Waals surface area contributed by atoms with E-state index in [4.69, 9.17) is 0 Å². The smallest absolute Gasteiger partial charge is 0.282 e. The molecule has 142 valence electrons. The molecule has 0 bridgehead atoms. The molecule has 2 heterocycles. The third kappa shape index (κ3) is 4.11. The van der Waals surface area contributed by atoms with E-state index in [0.717, 1.165) is 11.8 Å². The van der Waals surface area contributed by atoms with Crippen LogP contribution >= 0.6 is 0 Å². The number of nitrogens with zero attached hydrogens (tertiary/aromatic N) is 4. The fourth-order valence-corrected chi connectivity index (χ4v) is 3.00. The first-order chi connectivity index (χ1) is 12.8. The van der Waals surface area contributed by atoms with E-state index in [-0.39, 0.29) is 22.1 Å². The van der Waals surface area contributed by atoms with E-state index in [1.54, 1.807) is 0 Å². The van der Waals surface area contributed by atoms with Gasteiger partial charge in [0.05, 0.1) is 0 Å². The van der Waals surface area contributed by atoms with Crippen LogP contribution in [0.4, 0.5) is 14.6 Å². The van der Waals surface area contributed by atoms with Crippen molar-refractivity contribution >= 4 is 15.7 Å². The number of rotatable bonds is 6. The molecule has 27 heavy (non-hydrogen) atoms. The summed E-state index contributed by atoms with van der Waals surface area (Å²) in [5.41, 5.74) is 0.872. The van der Waals surface area contributed by atoms with Gasteiger partial charge in [-0.05, 0) is 24.6 Å². The Morgan fingerprint density at radius 3 is 2.37 bits per heavy atom. The van der Waals surface area contributed by atoms with Crippen molar-refractivity contribution < 1.29 is 17.2 Å². The molecular weight excluding hydrogens is 376 g/mol. The van der Waals surface area contributed by atoms with Crippen LogP contribution in [0.2, 0.25) is 0 Å². The molecule has 0 spiro atoms. The second-order valence-corrected chi connectivity index (χ2v) is 7.88. The molecule has 0 aliphatic carbocycles. The zero-order valence-electron chi connectivity index (χ0n) is 14.6. The highest BCUT2D eigenvalue weighted by Gasteiger charge is 2.23. The summed E-state index contributed by atoms with van der Waals surface area (Å²) in [5.74, 6) is 0.475. The maximum absolute atomic E-state index is 13.3. The predicted octanol–water partition coefficient (Wildman–Crippen LogP) is 2.92. The van der Waals surface area contributed by atoms with E-state index in [0.29, 0.717) is 12.4 Å². The van der Waals surface area contributed by atoms with Crippen molar-refractivity contribution in [1.29, 1.82) is 0 Å². The quantitative estimate of drug-likeness (QED) is 0.693. The van der Waals surface area contributed by atoms with Crippen LogP contribution in [0.25, 0.3) is 5.82 Å².